The summed E-state index contributed by atoms with van der Waals surface area (Å²) in [6.45, 7) is 2.46. The molecule has 1 atom stereocenters. The van der Waals surface area contributed by atoms with Crippen LogP contribution >= 0.6 is 0 Å². The van der Waals surface area contributed by atoms with Gasteiger partial charge in [-0.05, 0) is 29.8 Å². The summed E-state index contributed by atoms with van der Waals surface area (Å²) < 4.78 is 50.4. The van der Waals surface area contributed by atoms with E-state index in [1.165, 1.54) is 6.92 Å². The number of carbonyl (C=O) groups is 1. The molecule has 0 radical (unpaired) electrons. The van der Waals surface area contributed by atoms with Crippen LogP contribution in [-0.4, -0.2) is 41.1 Å². The molecule has 1 saturated heterocycles. The van der Waals surface area contributed by atoms with E-state index in [9.17, 15) is 18.0 Å². The molecule has 1 aliphatic rings. The van der Waals surface area contributed by atoms with Crippen molar-refractivity contribution in [3.63, 3.8) is 0 Å². The Kier molecular flexibility index (Phi) is 5.74. The molecule has 3 heterocycles. The van der Waals surface area contributed by atoms with Crippen LogP contribution in [-0.2, 0) is 22.6 Å². The molecule has 30 heavy (non-hydrogen) atoms. The van der Waals surface area contributed by atoms with Crippen LogP contribution in [0.1, 0.15) is 18.2 Å². The number of hydrogen-bond acceptors (Lipinski definition) is 4. The highest BCUT2D eigenvalue weighted by Crippen LogP contribution is 2.33. The molecule has 3 aromatic rings. The molecule has 0 bridgehead atoms. The van der Waals surface area contributed by atoms with Crippen LogP contribution < -0.4 is 10.6 Å². The maximum atomic E-state index is 14.9. The zero-order valence-corrected chi connectivity index (χ0v) is 16.3. The second-order valence-corrected chi connectivity index (χ2v) is 7.20. The largest absolute Gasteiger partial charge is 0.375 e. The van der Waals surface area contributed by atoms with Gasteiger partial charge in [-0.3, -0.25) is 4.79 Å². The molecule has 158 valence electrons. The van der Waals surface area contributed by atoms with Crippen LogP contribution in [0.15, 0.2) is 30.5 Å². The molecule has 0 saturated carbocycles. The summed E-state index contributed by atoms with van der Waals surface area (Å²) in [5, 5.41) is 5.60. The van der Waals surface area contributed by atoms with Crippen molar-refractivity contribution in [1.29, 1.82) is 0 Å². The predicted octanol–water partition coefficient (Wildman–Crippen LogP) is 3.24. The van der Waals surface area contributed by atoms with Crippen LogP contribution in [0.5, 0.6) is 0 Å². The highest BCUT2D eigenvalue weighted by Gasteiger charge is 2.25. The van der Waals surface area contributed by atoms with E-state index in [0.717, 1.165) is 18.7 Å². The van der Waals surface area contributed by atoms with Gasteiger partial charge in [0.25, 0.3) is 0 Å². The van der Waals surface area contributed by atoms with Gasteiger partial charge in [-0.15, -0.1) is 0 Å². The first-order valence-electron chi connectivity index (χ1n) is 9.61. The first-order valence-corrected chi connectivity index (χ1v) is 9.61. The van der Waals surface area contributed by atoms with Gasteiger partial charge in [-0.1, -0.05) is 0 Å². The van der Waals surface area contributed by atoms with Crippen molar-refractivity contribution in [3.8, 4) is 11.3 Å². The Hall–Kier alpha value is -2.91. The van der Waals surface area contributed by atoms with Gasteiger partial charge in [0.2, 0.25) is 5.91 Å². The molecule has 1 fully saturated rings. The highest BCUT2D eigenvalue weighted by atomic mass is 19.1. The molecule has 1 amide bonds. The van der Waals surface area contributed by atoms with Crippen LogP contribution in [0.2, 0.25) is 0 Å². The van der Waals surface area contributed by atoms with Crippen molar-refractivity contribution in [2.45, 2.75) is 26.1 Å². The lowest BCUT2D eigenvalue weighted by Gasteiger charge is -2.24. The topological polar surface area (TPSA) is 67.7 Å². The van der Waals surface area contributed by atoms with E-state index in [0.29, 0.717) is 36.5 Å². The lowest BCUT2D eigenvalue weighted by Crippen LogP contribution is -2.39. The summed E-state index contributed by atoms with van der Waals surface area (Å²) in [6, 6.07) is 5.27. The number of ether oxygens (including phenoxy) is 1. The number of pyridine rings is 1. The van der Waals surface area contributed by atoms with Crippen LogP contribution in [0.25, 0.3) is 16.9 Å². The fourth-order valence-electron chi connectivity index (χ4n) is 3.66. The number of nitrogens with zero attached hydrogens (tertiary/aromatic N) is 2. The van der Waals surface area contributed by atoms with Crippen molar-refractivity contribution in [2.24, 2.45) is 0 Å². The number of carbonyl (C=O) groups excluding carboxylic acids is 1. The normalized spacial score (nSPS) is 16.7. The van der Waals surface area contributed by atoms with Gasteiger partial charge in [0.05, 0.1) is 29.7 Å². The number of rotatable bonds is 5. The van der Waals surface area contributed by atoms with Gasteiger partial charge in [-0.2, -0.15) is 0 Å². The third kappa shape index (κ3) is 4.03. The van der Waals surface area contributed by atoms with E-state index < -0.39 is 24.2 Å². The average Bonchev–Trinajstić information content (AvgIpc) is 3.05. The molecular formula is C21H21F3N4O2. The van der Waals surface area contributed by atoms with E-state index in [1.54, 1.807) is 22.7 Å². The Bertz CT molecular complexity index is 1070. The molecular weight excluding hydrogens is 397 g/mol. The predicted molar refractivity (Wildman–Crippen MR) is 106 cm³/mol. The second-order valence-electron chi connectivity index (χ2n) is 7.20. The van der Waals surface area contributed by atoms with Crippen molar-refractivity contribution < 1.29 is 22.7 Å². The summed E-state index contributed by atoms with van der Waals surface area (Å²) in [7, 11) is 0. The summed E-state index contributed by atoms with van der Waals surface area (Å²) in [5.74, 6) is -2.13. The fourth-order valence-corrected chi connectivity index (χ4v) is 3.66. The summed E-state index contributed by atoms with van der Waals surface area (Å²) in [6.07, 6.45) is 1.82. The number of alkyl halides is 1. The standard InChI is InChI=1S/C21H21F3N4O2/c1-12(29)26-14-7-16(23)20(17(24)8-14)21-18(9-15-11-25-3-5-30-15)28-4-2-13(10-22)6-19(28)27-21/h2,4,6-8,15,25H,3,5,9-11H2,1H3,(H,26,29)/t15-/m0/s1. The number of hydrogen-bond donors (Lipinski definition) is 2. The highest BCUT2D eigenvalue weighted by molar-refractivity contribution is 5.89. The van der Waals surface area contributed by atoms with Gasteiger partial charge >= 0.3 is 0 Å². The molecule has 1 aromatic carbocycles. The number of imidazole rings is 1. The SMILES string of the molecule is CC(=O)Nc1cc(F)c(-c2nc3cc(CF)ccn3c2C[C@H]2CNCCO2)c(F)c1. The Morgan fingerprint density at radius 1 is 1.33 bits per heavy atom. The maximum Gasteiger partial charge on any atom is 0.221 e. The lowest BCUT2D eigenvalue weighted by molar-refractivity contribution is -0.114. The van der Waals surface area contributed by atoms with E-state index in [1.807, 2.05) is 0 Å². The van der Waals surface area contributed by atoms with Gasteiger partial charge in [0.15, 0.2) is 0 Å². The third-order valence-corrected chi connectivity index (χ3v) is 4.97. The minimum absolute atomic E-state index is 0.0195. The minimum atomic E-state index is -0.850. The van der Waals surface area contributed by atoms with E-state index in [4.69, 9.17) is 4.74 Å². The molecule has 4 rings (SSSR count). The molecule has 9 heteroatoms. The lowest BCUT2D eigenvalue weighted by atomic mass is 10.0. The summed E-state index contributed by atoms with van der Waals surface area (Å²) >= 11 is 0. The van der Waals surface area contributed by atoms with Crippen molar-refractivity contribution >= 4 is 17.2 Å². The van der Waals surface area contributed by atoms with Gasteiger partial charge < -0.3 is 19.8 Å². The summed E-state index contributed by atoms with van der Waals surface area (Å²) in [5.41, 5.74) is 1.23. The first-order chi connectivity index (χ1) is 14.5. The van der Waals surface area contributed by atoms with Crippen molar-refractivity contribution in [2.75, 3.05) is 25.0 Å². The number of anilines is 1. The van der Waals surface area contributed by atoms with E-state index in [2.05, 4.69) is 15.6 Å². The van der Waals surface area contributed by atoms with Crippen molar-refractivity contribution in [3.05, 3.63) is 53.4 Å². The molecule has 2 N–H and O–H groups in total. The molecule has 2 aromatic heterocycles. The number of benzene rings is 1. The quantitative estimate of drug-likeness (QED) is 0.668. The summed E-state index contributed by atoms with van der Waals surface area (Å²) in [4.78, 5) is 15.6. The van der Waals surface area contributed by atoms with Gasteiger partial charge in [-0.25, -0.2) is 18.2 Å². The number of halogens is 3. The Labute approximate surface area is 171 Å². The van der Waals surface area contributed by atoms with Crippen LogP contribution in [0, 0.1) is 11.6 Å². The molecule has 0 aliphatic carbocycles. The number of morpholine rings is 1. The smallest absolute Gasteiger partial charge is 0.221 e. The molecule has 0 unspecified atom stereocenters. The Morgan fingerprint density at radius 3 is 2.73 bits per heavy atom. The van der Waals surface area contributed by atoms with Crippen molar-refractivity contribution in [1.82, 2.24) is 14.7 Å². The van der Waals surface area contributed by atoms with E-state index in [-0.39, 0.29) is 23.0 Å². The Balaban J connectivity index is 1.84. The first kappa shape index (κ1) is 20.4. The second kappa shape index (κ2) is 8.45. The van der Waals surface area contributed by atoms with Crippen LogP contribution in [0.4, 0.5) is 18.9 Å². The average molecular weight is 418 g/mol. The number of amides is 1. The third-order valence-electron chi connectivity index (χ3n) is 4.97. The van der Waals surface area contributed by atoms with E-state index >= 15 is 0 Å². The molecule has 1 aliphatic heterocycles. The Morgan fingerprint density at radius 2 is 2.10 bits per heavy atom. The van der Waals surface area contributed by atoms with Gasteiger partial charge in [0, 0.05) is 38.3 Å². The number of fused-ring (bicyclic) bond motifs is 1. The zero-order chi connectivity index (χ0) is 21.3. The molecule has 0 spiro atoms. The number of aromatic nitrogens is 2. The zero-order valence-electron chi connectivity index (χ0n) is 16.3. The molecule has 6 nitrogen and oxygen atoms in total. The number of nitrogens with one attached hydrogen (secondary N) is 2. The monoisotopic (exact) mass is 418 g/mol. The maximum absolute atomic E-state index is 14.9. The minimum Gasteiger partial charge on any atom is -0.375 e. The fraction of sp³-hybridized carbons (Fsp3) is 0.333. The van der Waals surface area contributed by atoms with Gasteiger partial charge in [0.1, 0.15) is 24.0 Å². The van der Waals surface area contributed by atoms with Crippen LogP contribution in [0.3, 0.4) is 0 Å².